The van der Waals surface area contributed by atoms with Crippen LogP contribution in [0.5, 0.6) is 0 Å². The number of aryl methyl sites for hydroxylation is 2. The number of benzene rings is 15. The van der Waals surface area contributed by atoms with Gasteiger partial charge in [0.15, 0.2) is 0 Å². The van der Waals surface area contributed by atoms with Crippen molar-refractivity contribution in [2.45, 2.75) is 49.8 Å². The maximum Gasteiger partial charge on any atom is 0.0950 e. The van der Waals surface area contributed by atoms with E-state index in [0.29, 0.717) is 0 Å². The van der Waals surface area contributed by atoms with Gasteiger partial charge in [-0.2, -0.15) is 97.4 Å². The zero-order valence-corrected chi connectivity index (χ0v) is 94.0. The quantitative estimate of drug-likeness (QED) is 0.0390. The molecular formula is C128H115Ir4N14S-9. The van der Waals surface area contributed by atoms with Crippen molar-refractivity contribution in [3.63, 3.8) is 0 Å². The number of anilines is 10. The first kappa shape index (κ1) is 110. The Balaban J connectivity index is 0.000000144. The van der Waals surface area contributed by atoms with Gasteiger partial charge in [0, 0.05) is 171 Å². The van der Waals surface area contributed by atoms with Crippen LogP contribution in [0, 0.1) is 56.4 Å². The number of hydrogen-bond acceptors (Lipinski definition) is 12. The zero-order valence-electron chi connectivity index (χ0n) is 83.6. The van der Waals surface area contributed by atoms with Gasteiger partial charge in [0.1, 0.15) is 0 Å². The molecule has 0 unspecified atom stereocenters. The number of nitrogens with zero attached hydrogens (tertiary/aromatic N) is 14. The molecule has 4 aliphatic heterocycles. The average Bonchev–Trinajstić information content (AvgIpc) is 1.57. The third-order valence-corrected chi connectivity index (χ3v) is 26.0. The van der Waals surface area contributed by atoms with Crippen molar-refractivity contribution in [3.05, 3.63) is 536 Å². The van der Waals surface area contributed by atoms with Crippen molar-refractivity contribution in [2.75, 3.05) is 69.2 Å². The Morgan fingerprint density at radius 3 is 1.35 bits per heavy atom. The number of rotatable bonds is 21. The van der Waals surface area contributed by atoms with E-state index in [-0.39, 0.29) is 85.8 Å². The minimum Gasteiger partial charge on any atom is -0.510 e. The molecule has 18 aromatic rings. The van der Waals surface area contributed by atoms with Gasteiger partial charge in [-0.25, -0.2) is 0 Å². The Morgan fingerprint density at radius 1 is 0.374 bits per heavy atom. The normalized spacial score (nSPS) is 12.5. The smallest absolute Gasteiger partial charge is 0.0950 e. The van der Waals surface area contributed by atoms with Gasteiger partial charge >= 0.3 is 0 Å². The number of fused-ring (bicyclic) bond motifs is 6. The van der Waals surface area contributed by atoms with Crippen LogP contribution in [0.2, 0.25) is 0 Å². The van der Waals surface area contributed by atoms with E-state index < -0.39 is 0 Å². The van der Waals surface area contributed by atoms with Crippen LogP contribution in [0.15, 0.2) is 451 Å². The van der Waals surface area contributed by atoms with Crippen molar-refractivity contribution < 1.29 is 80.4 Å². The number of para-hydroxylation sites is 6. The molecule has 3 aromatic heterocycles. The van der Waals surface area contributed by atoms with Gasteiger partial charge in [0.2, 0.25) is 0 Å². The molecule has 7 heterocycles. The summed E-state index contributed by atoms with van der Waals surface area (Å²) in [4.78, 5) is 27.2. The Labute approximate surface area is 927 Å². The van der Waals surface area contributed by atoms with E-state index in [2.05, 4.69) is 429 Å². The monoisotopic (exact) mass is 2650 g/mol. The first-order valence-electron chi connectivity index (χ1n) is 47.8. The van der Waals surface area contributed by atoms with Crippen molar-refractivity contribution in [2.24, 2.45) is 14.1 Å². The molecular weight excluding hydrogens is 2530 g/mol. The van der Waals surface area contributed by atoms with Crippen LogP contribution in [-0.4, -0.2) is 68.6 Å². The van der Waals surface area contributed by atoms with Gasteiger partial charge in [0.25, 0.3) is 0 Å². The van der Waals surface area contributed by atoms with E-state index >= 15 is 0 Å². The van der Waals surface area contributed by atoms with Crippen LogP contribution in [0.25, 0.3) is 84.1 Å². The molecule has 748 valence electrons. The zero-order chi connectivity index (χ0) is 99.1. The molecule has 14 nitrogen and oxygen atoms in total. The van der Waals surface area contributed by atoms with Crippen LogP contribution in [0.1, 0.15) is 47.2 Å². The third-order valence-electron chi connectivity index (χ3n) is 25.3. The predicted molar refractivity (Wildman–Crippen MR) is 599 cm³/mol. The fourth-order valence-electron chi connectivity index (χ4n) is 17.9. The van der Waals surface area contributed by atoms with Gasteiger partial charge < -0.3 is 48.3 Å². The molecule has 0 atom stereocenters. The van der Waals surface area contributed by atoms with Gasteiger partial charge in [-0.3, -0.25) is 14.6 Å². The number of imidazole rings is 2. The summed E-state index contributed by atoms with van der Waals surface area (Å²) in [6, 6.07) is 136. The van der Waals surface area contributed by atoms with Crippen LogP contribution in [0.3, 0.4) is 0 Å². The van der Waals surface area contributed by atoms with Gasteiger partial charge in [-0.1, -0.05) is 232 Å². The molecule has 0 bridgehead atoms. The second-order valence-electron chi connectivity index (χ2n) is 35.6. The van der Waals surface area contributed by atoms with Crippen molar-refractivity contribution in [3.8, 4) is 84.1 Å². The molecule has 5 aliphatic rings. The molecule has 23 rings (SSSR count). The SMILES string of the molecule is C=CCc1c[c-]c(-c2nccn2C)cc1.C=CCc1c[c-]c(-n2cc(-c3ccccc3)cn2)cc1.C=CCc1ccc(-c2cc[c-]c(N3[CH-]N(C)c4ccccc43)c2)cc1.C=CCc1ccc(-c2cccc(N3CN(C)c4ccccc43)c2)cc1.C=CSc1ccc2c(c1)C(C)(C)c1cc(N3C=CN(C)[CH-]3)[c-]cc1-2.CN1[CH-]N(c2[c-]ccc(-c3ccccc3)c2)c2ccccc21.Cn1ccnc1-c1[c-]cccc1.[Ir].[Ir].[Ir].[Ir]. The Kier molecular flexibility index (Phi) is 39.4. The van der Waals surface area contributed by atoms with E-state index in [9.17, 15) is 0 Å². The summed E-state index contributed by atoms with van der Waals surface area (Å²) in [7, 11) is 12.3. The molecule has 15 aromatic carbocycles. The largest absolute Gasteiger partial charge is 0.510 e. The molecule has 0 amide bonds. The summed E-state index contributed by atoms with van der Waals surface area (Å²) < 4.78 is 5.81. The molecule has 4 radical (unpaired) electrons. The molecule has 1 aliphatic carbocycles. The Bertz CT molecular complexity index is 7260. The minimum absolute atomic E-state index is 0. The topological polar surface area (TPSA) is 79.4 Å². The Hall–Kier alpha value is -14.3. The average molecular weight is 2650 g/mol. The minimum atomic E-state index is -0.0123. The van der Waals surface area contributed by atoms with Crippen molar-refractivity contribution in [1.82, 2.24) is 33.8 Å². The molecule has 0 spiro atoms. The van der Waals surface area contributed by atoms with E-state index in [0.717, 1.165) is 83.4 Å². The number of thioether (sulfide) groups is 1. The van der Waals surface area contributed by atoms with E-state index in [1.165, 1.54) is 128 Å². The van der Waals surface area contributed by atoms with Crippen LogP contribution in [0.4, 0.5) is 56.9 Å². The number of hydrogen-bond donors (Lipinski definition) is 0. The summed E-state index contributed by atoms with van der Waals surface area (Å²) in [6.07, 6.45) is 26.7. The third kappa shape index (κ3) is 26.8. The van der Waals surface area contributed by atoms with Crippen molar-refractivity contribution >= 4 is 68.6 Å². The number of allylic oxidation sites excluding steroid dienone is 4. The molecule has 147 heavy (non-hydrogen) atoms. The van der Waals surface area contributed by atoms with E-state index in [1.54, 1.807) is 24.2 Å². The van der Waals surface area contributed by atoms with Crippen LogP contribution < -0.4 is 34.3 Å². The molecule has 0 saturated carbocycles. The first-order chi connectivity index (χ1) is 69.9. The molecule has 0 N–H and O–H groups in total. The second-order valence-corrected chi connectivity index (χ2v) is 36.7. The predicted octanol–water partition coefficient (Wildman–Crippen LogP) is 30.0. The first-order valence-corrected chi connectivity index (χ1v) is 48.7. The molecule has 19 heteroatoms. The summed E-state index contributed by atoms with van der Waals surface area (Å²) in [5.74, 6) is 1.90. The number of aromatic nitrogens is 6. The van der Waals surface area contributed by atoms with Crippen LogP contribution in [-0.2, 0) is 126 Å². The van der Waals surface area contributed by atoms with Gasteiger partial charge in [-0.05, 0) is 174 Å². The van der Waals surface area contributed by atoms with E-state index in [4.69, 9.17) is 0 Å². The summed E-state index contributed by atoms with van der Waals surface area (Å²) in [5, 5.41) is 6.29. The fourth-order valence-corrected chi connectivity index (χ4v) is 18.4. The second kappa shape index (κ2) is 52.7. The maximum absolute atomic E-state index is 4.40. The van der Waals surface area contributed by atoms with Crippen LogP contribution >= 0.6 is 11.8 Å². The molecule has 0 fully saturated rings. The summed E-state index contributed by atoms with van der Waals surface area (Å²) in [6.45, 7) is 30.6. The summed E-state index contributed by atoms with van der Waals surface area (Å²) >= 11 is 1.67. The standard InChI is InChI=1S/C23H22N2.C23H20N2.C21H20N2S.C20H16N2.C18H15N2.C13H13N2.C10H9N2.4Ir/c2*1-3-7-18-12-14-19(15-13-18)20-8-6-9-21(16-20)25-17-24(2)22-10-4-5-11-23(22)25;1-5-24-16-7-9-18-17-8-6-15(23-11-10-22(4)14-23)12-19(17)21(2,3)20(18)13-16;1-21-15-22(20-13-6-5-12-19(20)21)18-11-7-10-17(14-18)16-8-3-2-4-9-16;1-2-6-15-9-11-18(12-10-15)20-14-17(13-19-20)16-7-4-3-5-8-16;1-3-4-11-5-7-12(8-6-11)13-14-9-10-15(13)2;1-12-8-7-11-10(12)9-5-3-2-4-6-9;;;;/h3-6,8-16H,1,7,17H2,2H3;3-6,8,10-17H,1,7H2,2H3;5,7-14H,1H2,2-4H3;2-10,12-15H,1H3;2-5,7-11,13-14H,1,6H2;3,5-7,9-10H,1,4H2,2H3;2-5,7-8H,1H3;;;;/q;3*-2;3*-1;;;;. The van der Waals surface area contributed by atoms with Crippen molar-refractivity contribution in [1.29, 1.82) is 0 Å². The van der Waals surface area contributed by atoms with Gasteiger partial charge in [0.05, 0.1) is 35.9 Å². The van der Waals surface area contributed by atoms with E-state index in [1.807, 2.05) is 185 Å². The molecule has 0 saturated heterocycles. The maximum atomic E-state index is 4.40. The Morgan fingerprint density at radius 2 is 0.850 bits per heavy atom. The van der Waals surface area contributed by atoms with Gasteiger partial charge in [-0.15, -0.1) is 161 Å². The fraction of sp³-hybridized carbons (Fsp3) is 0.109. The summed E-state index contributed by atoms with van der Waals surface area (Å²) in [5.41, 5.74) is 34.7.